The van der Waals surface area contributed by atoms with Crippen molar-refractivity contribution in [1.82, 2.24) is 20.2 Å². The molecule has 0 N–H and O–H groups in total. The molecule has 1 aliphatic rings. The fourth-order valence-electron chi connectivity index (χ4n) is 1.32. The van der Waals surface area contributed by atoms with Crippen LogP contribution in [0.1, 0.15) is 32.2 Å². The topological polar surface area (TPSA) is 43.6 Å². The number of hydrogen-bond acceptors (Lipinski definition) is 5. The average molecular weight is 244 g/mol. The van der Waals surface area contributed by atoms with Crippen LogP contribution in [0.2, 0.25) is 0 Å². The Morgan fingerprint density at radius 3 is 3.00 bits per heavy atom. The molecule has 1 saturated carbocycles. The van der Waals surface area contributed by atoms with Crippen LogP contribution in [0.4, 0.5) is 0 Å². The van der Waals surface area contributed by atoms with Crippen molar-refractivity contribution in [2.24, 2.45) is 5.92 Å². The highest BCUT2D eigenvalue weighted by Crippen LogP contribution is 2.36. The second kappa shape index (κ2) is 5.21. The first-order valence-electron chi connectivity index (χ1n) is 5.36. The van der Waals surface area contributed by atoms with E-state index in [1.807, 2.05) is 4.68 Å². The predicted octanol–water partition coefficient (Wildman–Crippen LogP) is 2.06. The maximum Gasteiger partial charge on any atom is 0.209 e. The smallest absolute Gasteiger partial charge is 0.209 e. The SMILES string of the molecule is CCC(CS)CSc1nnnn1C1CC1. The Balaban J connectivity index is 1.89. The number of thiol groups is 1. The van der Waals surface area contributed by atoms with Gasteiger partial charge in [0.15, 0.2) is 0 Å². The maximum atomic E-state index is 4.33. The number of hydrogen-bond donors (Lipinski definition) is 1. The van der Waals surface area contributed by atoms with Gasteiger partial charge in [-0.05, 0) is 34.9 Å². The minimum Gasteiger partial charge on any atom is -0.217 e. The largest absolute Gasteiger partial charge is 0.217 e. The van der Waals surface area contributed by atoms with E-state index in [2.05, 4.69) is 35.1 Å². The fraction of sp³-hybridized carbons (Fsp3) is 0.889. The Labute approximate surface area is 99.6 Å². The third-order valence-corrected chi connectivity index (χ3v) is 4.32. The van der Waals surface area contributed by atoms with Crippen LogP contribution in [0.15, 0.2) is 5.16 Å². The molecular formula is C9H16N4S2. The molecule has 0 amide bonds. The summed E-state index contributed by atoms with van der Waals surface area (Å²) in [5, 5.41) is 12.8. The molecule has 0 aliphatic heterocycles. The number of aromatic nitrogens is 4. The first kappa shape index (κ1) is 11.3. The molecule has 4 nitrogen and oxygen atoms in total. The summed E-state index contributed by atoms with van der Waals surface area (Å²) in [4.78, 5) is 0. The molecule has 0 bridgehead atoms. The van der Waals surface area contributed by atoms with Crippen molar-refractivity contribution in [2.75, 3.05) is 11.5 Å². The van der Waals surface area contributed by atoms with Gasteiger partial charge in [-0.25, -0.2) is 4.68 Å². The van der Waals surface area contributed by atoms with Crippen molar-refractivity contribution < 1.29 is 0 Å². The van der Waals surface area contributed by atoms with E-state index in [1.165, 1.54) is 19.3 Å². The third-order valence-electron chi connectivity index (χ3n) is 2.64. The number of rotatable bonds is 6. The van der Waals surface area contributed by atoms with E-state index in [0.717, 1.165) is 16.7 Å². The minimum atomic E-state index is 0.568. The molecule has 0 radical (unpaired) electrons. The fourth-order valence-corrected chi connectivity index (χ4v) is 3.03. The van der Waals surface area contributed by atoms with E-state index in [4.69, 9.17) is 0 Å². The van der Waals surface area contributed by atoms with Gasteiger partial charge in [0, 0.05) is 5.75 Å². The molecule has 2 rings (SSSR count). The van der Waals surface area contributed by atoms with Crippen LogP contribution in [-0.2, 0) is 0 Å². The molecule has 15 heavy (non-hydrogen) atoms. The maximum absolute atomic E-state index is 4.33. The van der Waals surface area contributed by atoms with Crippen LogP contribution in [0.3, 0.4) is 0 Å². The van der Waals surface area contributed by atoms with Crippen molar-refractivity contribution in [3.63, 3.8) is 0 Å². The molecule has 1 atom stereocenters. The second-order valence-corrected chi connectivity index (χ2v) is 5.26. The lowest BCUT2D eigenvalue weighted by atomic mass is 10.2. The lowest BCUT2D eigenvalue weighted by Gasteiger charge is -2.10. The Kier molecular flexibility index (Phi) is 3.91. The summed E-state index contributed by atoms with van der Waals surface area (Å²) in [6, 6.07) is 0.568. The average Bonchev–Trinajstić information content (AvgIpc) is 3.00. The van der Waals surface area contributed by atoms with Crippen LogP contribution in [0.25, 0.3) is 0 Å². The Hall–Kier alpha value is -0.230. The second-order valence-electron chi connectivity index (χ2n) is 3.91. The Morgan fingerprint density at radius 2 is 2.40 bits per heavy atom. The molecule has 0 spiro atoms. The summed E-state index contributed by atoms with van der Waals surface area (Å²) in [7, 11) is 0. The van der Waals surface area contributed by atoms with Gasteiger partial charge < -0.3 is 0 Å². The Bertz CT molecular complexity index is 307. The van der Waals surface area contributed by atoms with Crippen molar-refractivity contribution in [3.05, 3.63) is 0 Å². The van der Waals surface area contributed by atoms with Gasteiger partial charge in [-0.2, -0.15) is 12.6 Å². The minimum absolute atomic E-state index is 0.568. The highest BCUT2D eigenvalue weighted by Gasteiger charge is 2.27. The monoisotopic (exact) mass is 244 g/mol. The highest BCUT2D eigenvalue weighted by molar-refractivity contribution is 7.99. The molecule has 1 heterocycles. The van der Waals surface area contributed by atoms with Crippen molar-refractivity contribution in [3.8, 4) is 0 Å². The molecular weight excluding hydrogens is 228 g/mol. The van der Waals surface area contributed by atoms with E-state index < -0.39 is 0 Å². The molecule has 0 aromatic carbocycles. The summed E-state index contributed by atoms with van der Waals surface area (Å²) >= 11 is 6.09. The van der Waals surface area contributed by atoms with Crippen molar-refractivity contribution in [2.45, 2.75) is 37.4 Å². The molecule has 1 aromatic heterocycles. The summed E-state index contributed by atoms with van der Waals surface area (Å²) < 4.78 is 1.97. The molecule has 1 fully saturated rings. The van der Waals surface area contributed by atoms with Gasteiger partial charge in [0.1, 0.15) is 0 Å². The zero-order chi connectivity index (χ0) is 10.7. The number of thioether (sulfide) groups is 1. The van der Waals surface area contributed by atoms with E-state index >= 15 is 0 Å². The number of nitrogens with zero attached hydrogens (tertiary/aromatic N) is 4. The summed E-state index contributed by atoms with van der Waals surface area (Å²) in [6.07, 6.45) is 3.62. The first-order chi connectivity index (χ1) is 7.35. The zero-order valence-corrected chi connectivity index (χ0v) is 10.5. The van der Waals surface area contributed by atoms with Crippen molar-refractivity contribution in [1.29, 1.82) is 0 Å². The lowest BCUT2D eigenvalue weighted by molar-refractivity contribution is 0.563. The molecule has 6 heteroatoms. The van der Waals surface area contributed by atoms with Gasteiger partial charge in [-0.1, -0.05) is 25.1 Å². The van der Waals surface area contributed by atoms with Crippen LogP contribution in [-0.4, -0.2) is 31.7 Å². The molecule has 1 aromatic rings. The first-order valence-corrected chi connectivity index (χ1v) is 6.98. The molecule has 1 unspecified atom stereocenters. The standard InChI is InChI=1S/C9H16N4S2/c1-2-7(5-14)6-15-9-10-11-12-13(9)8-3-4-8/h7-8,14H,2-6H2,1H3. The zero-order valence-electron chi connectivity index (χ0n) is 8.83. The van der Waals surface area contributed by atoms with Gasteiger partial charge in [-0.3, -0.25) is 0 Å². The quantitative estimate of drug-likeness (QED) is 0.614. The highest BCUT2D eigenvalue weighted by atomic mass is 32.2. The third kappa shape index (κ3) is 2.87. The van der Waals surface area contributed by atoms with Gasteiger partial charge in [-0.15, -0.1) is 5.10 Å². The van der Waals surface area contributed by atoms with E-state index in [9.17, 15) is 0 Å². The van der Waals surface area contributed by atoms with E-state index in [-0.39, 0.29) is 0 Å². The molecule has 84 valence electrons. The Morgan fingerprint density at radius 1 is 1.60 bits per heavy atom. The van der Waals surface area contributed by atoms with Crippen LogP contribution >= 0.6 is 24.4 Å². The van der Waals surface area contributed by atoms with E-state index in [1.54, 1.807) is 11.8 Å². The van der Waals surface area contributed by atoms with Gasteiger partial charge >= 0.3 is 0 Å². The predicted molar refractivity (Wildman–Crippen MR) is 64.4 cm³/mol. The summed E-state index contributed by atoms with van der Waals surface area (Å²) in [5.74, 6) is 2.66. The van der Waals surface area contributed by atoms with Crippen molar-refractivity contribution >= 4 is 24.4 Å². The number of tetrazole rings is 1. The lowest BCUT2D eigenvalue weighted by Crippen LogP contribution is -2.06. The van der Waals surface area contributed by atoms with E-state index in [0.29, 0.717) is 12.0 Å². The summed E-state index contributed by atoms with van der Waals surface area (Å²) in [5.41, 5.74) is 0. The summed E-state index contributed by atoms with van der Waals surface area (Å²) in [6.45, 7) is 2.20. The van der Waals surface area contributed by atoms with Crippen LogP contribution < -0.4 is 0 Å². The van der Waals surface area contributed by atoms with Crippen LogP contribution in [0.5, 0.6) is 0 Å². The molecule has 1 aliphatic carbocycles. The normalized spacial score (nSPS) is 18.0. The van der Waals surface area contributed by atoms with Crippen LogP contribution in [0, 0.1) is 5.92 Å². The van der Waals surface area contributed by atoms with Gasteiger partial charge in [0.2, 0.25) is 5.16 Å². The van der Waals surface area contributed by atoms with Gasteiger partial charge in [0.25, 0.3) is 0 Å². The van der Waals surface area contributed by atoms with Gasteiger partial charge in [0.05, 0.1) is 6.04 Å². The molecule has 0 saturated heterocycles.